The van der Waals surface area contributed by atoms with Crippen LogP contribution >= 0.6 is 33.9 Å². The van der Waals surface area contributed by atoms with Gasteiger partial charge in [-0.05, 0) is 47.6 Å². The summed E-state index contributed by atoms with van der Waals surface area (Å²) >= 11 is 3.75. The molecule has 0 amide bonds. The van der Waals surface area contributed by atoms with E-state index < -0.39 is 0 Å². The molecule has 0 aliphatic rings. The Morgan fingerprint density at radius 3 is 2.95 bits per heavy atom. The predicted molar refractivity (Wildman–Crippen MR) is 84.4 cm³/mol. The van der Waals surface area contributed by atoms with Crippen molar-refractivity contribution in [3.63, 3.8) is 0 Å². The first kappa shape index (κ1) is 14.5. The van der Waals surface area contributed by atoms with Gasteiger partial charge in [0.25, 0.3) is 0 Å². The van der Waals surface area contributed by atoms with E-state index in [1.165, 1.54) is 0 Å². The minimum atomic E-state index is -0.296. The van der Waals surface area contributed by atoms with E-state index in [1.807, 2.05) is 23.6 Å². The molecule has 0 bridgehead atoms. The predicted octanol–water partition coefficient (Wildman–Crippen LogP) is 4.06. The Bertz CT molecular complexity index is 568. The van der Waals surface area contributed by atoms with Crippen LogP contribution in [0.1, 0.15) is 34.4 Å². The van der Waals surface area contributed by atoms with E-state index in [2.05, 4.69) is 34.5 Å². The van der Waals surface area contributed by atoms with Crippen molar-refractivity contribution in [2.45, 2.75) is 26.4 Å². The Labute approximate surface area is 130 Å². The standard InChI is InChI=1S/C14H14INO2S/c1-2-5-13-16-10(9-19-13)8-18-14(17)11-6-3-4-7-12(11)15/h3-4,6-7,9H,2,5,8H2,1H3. The van der Waals surface area contributed by atoms with Gasteiger partial charge in [-0.25, -0.2) is 9.78 Å². The lowest BCUT2D eigenvalue weighted by Crippen LogP contribution is -2.07. The monoisotopic (exact) mass is 387 g/mol. The minimum absolute atomic E-state index is 0.240. The fourth-order valence-electron chi connectivity index (χ4n) is 1.59. The molecule has 1 aromatic heterocycles. The summed E-state index contributed by atoms with van der Waals surface area (Å²) < 4.78 is 6.19. The highest BCUT2D eigenvalue weighted by molar-refractivity contribution is 14.1. The number of thiazole rings is 1. The van der Waals surface area contributed by atoms with Crippen LogP contribution in [-0.2, 0) is 17.8 Å². The fourth-order valence-corrected chi connectivity index (χ4v) is 3.08. The first-order valence-corrected chi connectivity index (χ1v) is 8.01. The Balaban J connectivity index is 1.95. The number of aromatic nitrogens is 1. The van der Waals surface area contributed by atoms with Crippen LogP contribution in [0.5, 0.6) is 0 Å². The van der Waals surface area contributed by atoms with E-state index in [0.29, 0.717) is 5.56 Å². The molecular formula is C14H14INO2S. The number of hydrogen-bond donors (Lipinski definition) is 0. The number of esters is 1. The largest absolute Gasteiger partial charge is 0.456 e. The molecule has 0 N–H and O–H groups in total. The second-order valence-electron chi connectivity index (χ2n) is 4.04. The van der Waals surface area contributed by atoms with E-state index in [9.17, 15) is 4.79 Å². The smallest absolute Gasteiger partial charge is 0.339 e. The first-order valence-electron chi connectivity index (χ1n) is 6.05. The van der Waals surface area contributed by atoms with E-state index >= 15 is 0 Å². The fraction of sp³-hybridized carbons (Fsp3) is 0.286. The number of benzene rings is 1. The van der Waals surface area contributed by atoms with Gasteiger partial charge in [-0.2, -0.15) is 0 Å². The Morgan fingerprint density at radius 2 is 2.21 bits per heavy atom. The maximum absolute atomic E-state index is 11.9. The molecule has 0 radical (unpaired) electrons. The molecule has 5 heteroatoms. The number of nitrogens with zero attached hydrogens (tertiary/aromatic N) is 1. The molecule has 0 atom stereocenters. The van der Waals surface area contributed by atoms with Crippen LogP contribution in [0.3, 0.4) is 0 Å². The number of rotatable bonds is 5. The molecule has 0 fully saturated rings. The van der Waals surface area contributed by atoms with E-state index in [4.69, 9.17) is 4.74 Å². The van der Waals surface area contributed by atoms with Crippen LogP contribution in [0.2, 0.25) is 0 Å². The summed E-state index contributed by atoms with van der Waals surface area (Å²) in [6.07, 6.45) is 2.06. The third kappa shape index (κ3) is 4.01. The van der Waals surface area contributed by atoms with E-state index in [1.54, 1.807) is 17.4 Å². The molecule has 0 saturated carbocycles. The molecule has 0 spiro atoms. The Morgan fingerprint density at radius 1 is 1.42 bits per heavy atom. The van der Waals surface area contributed by atoms with Crippen LogP contribution in [0.15, 0.2) is 29.6 Å². The lowest BCUT2D eigenvalue weighted by Gasteiger charge is -2.04. The summed E-state index contributed by atoms with van der Waals surface area (Å²) in [5.74, 6) is -0.296. The van der Waals surface area contributed by atoms with E-state index in [0.717, 1.165) is 27.1 Å². The molecule has 2 rings (SSSR count). The van der Waals surface area contributed by atoms with Gasteiger partial charge in [0.1, 0.15) is 6.61 Å². The molecule has 0 aliphatic heterocycles. The highest BCUT2D eigenvalue weighted by atomic mass is 127. The highest BCUT2D eigenvalue weighted by Crippen LogP contribution is 2.15. The molecule has 3 nitrogen and oxygen atoms in total. The minimum Gasteiger partial charge on any atom is -0.456 e. The molecule has 0 aliphatic carbocycles. The summed E-state index contributed by atoms with van der Waals surface area (Å²) in [6.45, 7) is 2.36. The average molecular weight is 387 g/mol. The van der Waals surface area contributed by atoms with Crippen molar-refractivity contribution < 1.29 is 9.53 Å². The quantitative estimate of drug-likeness (QED) is 0.574. The van der Waals surface area contributed by atoms with Gasteiger partial charge in [-0.15, -0.1) is 11.3 Å². The zero-order chi connectivity index (χ0) is 13.7. The number of halogens is 1. The lowest BCUT2D eigenvalue weighted by molar-refractivity contribution is 0.0467. The van der Waals surface area contributed by atoms with Crippen molar-refractivity contribution >= 4 is 39.9 Å². The average Bonchev–Trinajstić information content (AvgIpc) is 2.85. The van der Waals surface area contributed by atoms with Crippen molar-refractivity contribution in [1.29, 1.82) is 0 Å². The number of ether oxygens (including phenoxy) is 1. The van der Waals surface area contributed by atoms with Gasteiger partial charge in [0.15, 0.2) is 0 Å². The molecule has 0 saturated heterocycles. The molecule has 2 aromatic rings. The van der Waals surface area contributed by atoms with Crippen LogP contribution in [0.25, 0.3) is 0 Å². The number of carbonyl (C=O) groups is 1. The van der Waals surface area contributed by atoms with Gasteiger partial charge in [0, 0.05) is 8.95 Å². The summed E-state index contributed by atoms with van der Waals surface area (Å²) in [7, 11) is 0. The van der Waals surface area contributed by atoms with Gasteiger partial charge in [0.2, 0.25) is 0 Å². The third-order valence-corrected chi connectivity index (χ3v) is 4.41. The summed E-state index contributed by atoms with van der Waals surface area (Å²) in [5, 5.41) is 3.05. The Kier molecular flexibility index (Phi) is 5.33. The third-order valence-electron chi connectivity index (χ3n) is 2.51. The summed E-state index contributed by atoms with van der Waals surface area (Å²) in [5.41, 5.74) is 1.43. The summed E-state index contributed by atoms with van der Waals surface area (Å²) in [4.78, 5) is 16.3. The molecule has 19 heavy (non-hydrogen) atoms. The number of hydrogen-bond acceptors (Lipinski definition) is 4. The maximum atomic E-state index is 11.9. The zero-order valence-electron chi connectivity index (χ0n) is 10.6. The van der Waals surface area contributed by atoms with Gasteiger partial charge in [-0.3, -0.25) is 0 Å². The van der Waals surface area contributed by atoms with Crippen LogP contribution in [0.4, 0.5) is 0 Å². The molecule has 1 heterocycles. The van der Waals surface area contributed by atoms with Crippen LogP contribution in [0, 0.1) is 3.57 Å². The van der Waals surface area contributed by atoms with Crippen molar-refractivity contribution in [2.75, 3.05) is 0 Å². The Hall–Kier alpha value is -0.950. The van der Waals surface area contributed by atoms with Crippen LogP contribution in [-0.4, -0.2) is 11.0 Å². The van der Waals surface area contributed by atoms with Crippen LogP contribution < -0.4 is 0 Å². The zero-order valence-corrected chi connectivity index (χ0v) is 13.5. The van der Waals surface area contributed by atoms with Crippen molar-refractivity contribution in [1.82, 2.24) is 4.98 Å². The maximum Gasteiger partial charge on any atom is 0.339 e. The second kappa shape index (κ2) is 7.00. The molecule has 0 unspecified atom stereocenters. The van der Waals surface area contributed by atoms with Crippen molar-refractivity contribution in [3.05, 3.63) is 49.5 Å². The van der Waals surface area contributed by atoms with Gasteiger partial charge < -0.3 is 4.74 Å². The highest BCUT2D eigenvalue weighted by Gasteiger charge is 2.11. The van der Waals surface area contributed by atoms with E-state index in [-0.39, 0.29) is 12.6 Å². The molecule has 100 valence electrons. The molecular weight excluding hydrogens is 373 g/mol. The summed E-state index contributed by atoms with van der Waals surface area (Å²) in [6, 6.07) is 7.39. The van der Waals surface area contributed by atoms with Gasteiger partial charge in [-0.1, -0.05) is 19.1 Å². The second-order valence-corrected chi connectivity index (χ2v) is 6.14. The topological polar surface area (TPSA) is 39.2 Å². The van der Waals surface area contributed by atoms with Crippen molar-refractivity contribution in [2.24, 2.45) is 0 Å². The SMILES string of the molecule is CCCc1nc(COC(=O)c2ccccc2I)cs1. The normalized spacial score (nSPS) is 10.4. The molecule has 1 aromatic carbocycles. The van der Waals surface area contributed by atoms with Gasteiger partial charge >= 0.3 is 5.97 Å². The number of carbonyl (C=O) groups excluding carboxylic acids is 1. The van der Waals surface area contributed by atoms with Gasteiger partial charge in [0.05, 0.1) is 16.3 Å². The lowest BCUT2D eigenvalue weighted by atomic mass is 10.2. The first-order chi connectivity index (χ1) is 9.20. The number of aryl methyl sites for hydroxylation is 1. The van der Waals surface area contributed by atoms with Crippen molar-refractivity contribution in [3.8, 4) is 0 Å².